The van der Waals surface area contributed by atoms with Gasteiger partial charge < -0.3 is 15.1 Å². The van der Waals surface area contributed by atoms with Crippen molar-refractivity contribution < 1.29 is 14.0 Å². The van der Waals surface area contributed by atoms with Gasteiger partial charge in [-0.25, -0.2) is 4.39 Å². The number of nitrogens with zero attached hydrogens (tertiary/aromatic N) is 3. The molecule has 0 saturated carbocycles. The van der Waals surface area contributed by atoms with E-state index < -0.39 is 0 Å². The van der Waals surface area contributed by atoms with Crippen molar-refractivity contribution in [1.82, 2.24) is 9.80 Å². The molecule has 0 spiro atoms. The van der Waals surface area contributed by atoms with Crippen LogP contribution in [0.1, 0.15) is 24.0 Å². The number of rotatable bonds is 5. The van der Waals surface area contributed by atoms with Gasteiger partial charge in [0.1, 0.15) is 5.82 Å². The monoisotopic (exact) mass is 452 g/mol. The number of halogens is 1. The van der Waals surface area contributed by atoms with Gasteiger partial charge in [0.15, 0.2) is 0 Å². The summed E-state index contributed by atoms with van der Waals surface area (Å²) in [5, 5.41) is 3.00. The first-order valence-corrected chi connectivity index (χ1v) is 11.8. The molecule has 2 aromatic carbocycles. The molecular weight excluding hydrogens is 419 g/mol. The van der Waals surface area contributed by atoms with E-state index in [0.29, 0.717) is 38.4 Å². The molecule has 2 heterocycles. The average Bonchev–Trinajstić information content (AvgIpc) is 2.81. The second-order valence-corrected chi connectivity index (χ2v) is 9.18. The van der Waals surface area contributed by atoms with E-state index in [1.807, 2.05) is 41.8 Å². The minimum Gasteiger partial charge on any atom is -0.366 e. The standard InChI is InChI=1S/C26H33FN4O2/c1-19-7-8-23(20(2)17-19)28-25(32)18-29-11-9-21(10-12-29)26(33)31-15-13-30(14-16-31)24-6-4-3-5-22(24)27/h3-8,17,21H,9-16,18H2,1-2H3,(H,28,32). The number of aryl methyl sites for hydroxylation is 2. The van der Waals surface area contributed by atoms with Gasteiger partial charge in [-0.05, 0) is 63.5 Å². The molecule has 176 valence electrons. The van der Waals surface area contributed by atoms with Gasteiger partial charge in [-0.15, -0.1) is 0 Å². The Morgan fingerprint density at radius 1 is 0.970 bits per heavy atom. The number of carbonyl (C=O) groups excluding carboxylic acids is 2. The smallest absolute Gasteiger partial charge is 0.238 e. The molecule has 1 N–H and O–H groups in total. The second-order valence-electron chi connectivity index (χ2n) is 9.18. The predicted molar refractivity (Wildman–Crippen MR) is 129 cm³/mol. The number of nitrogens with one attached hydrogen (secondary N) is 1. The molecule has 2 aliphatic rings. The Morgan fingerprint density at radius 3 is 2.33 bits per heavy atom. The summed E-state index contributed by atoms with van der Waals surface area (Å²) in [5.74, 6) is -0.0338. The van der Waals surface area contributed by atoms with Gasteiger partial charge in [-0.3, -0.25) is 14.5 Å². The number of piperidine rings is 1. The maximum Gasteiger partial charge on any atom is 0.238 e. The van der Waals surface area contributed by atoms with E-state index in [0.717, 1.165) is 37.2 Å². The molecule has 0 bridgehead atoms. The van der Waals surface area contributed by atoms with Crippen LogP contribution in [0, 0.1) is 25.6 Å². The number of likely N-dealkylation sites (tertiary alicyclic amines) is 1. The summed E-state index contributed by atoms with van der Waals surface area (Å²) >= 11 is 0. The van der Waals surface area contributed by atoms with Crippen LogP contribution >= 0.6 is 0 Å². The first-order valence-electron chi connectivity index (χ1n) is 11.8. The summed E-state index contributed by atoms with van der Waals surface area (Å²) < 4.78 is 14.1. The molecule has 33 heavy (non-hydrogen) atoms. The third-order valence-corrected chi connectivity index (χ3v) is 6.74. The van der Waals surface area contributed by atoms with Crippen molar-refractivity contribution in [3.8, 4) is 0 Å². The van der Waals surface area contributed by atoms with Gasteiger partial charge in [0.2, 0.25) is 11.8 Å². The van der Waals surface area contributed by atoms with E-state index in [4.69, 9.17) is 0 Å². The Hall–Kier alpha value is -2.93. The molecule has 6 nitrogen and oxygen atoms in total. The Balaban J connectivity index is 1.21. The van der Waals surface area contributed by atoms with Crippen molar-refractivity contribution in [2.45, 2.75) is 26.7 Å². The molecule has 0 aromatic heterocycles. The van der Waals surface area contributed by atoms with E-state index >= 15 is 0 Å². The van der Waals surface area contributed by atoms with Crippen LogP contribution in [0.15, 0.2) is 42.5 Å². The second kappa shape index (κ2) is 10.3. The highest BCUT2D eigenvalue weighted by Crippen LogP contribution is 2.24. The molecule has 2 aliphatic heterocycles. The summed E-state index contributed by atoms with van der Waals surface area (Å²) in [6.45, 7) is 8.38. The van der Waals surface area contributed by atoms with Gasteiger partial charge >= 0.3 is 0 Å². The van der Waals surface area contributed by atoms with Crippen LogP contribution in [0.25, 0.3) is 0 Å². The van der Waals surface area contributed by atoms with Crippen LogP contribution < -0.4 is 10.2 Å². The Morgan fingerprint density at radius 2 is 1.67 bits per heavy atom. The Bertz CT molecular complexity index is 996. The van der Waals surface area contributed by atoms with E-state index in [2.05, 4.69) is 16.3 Å². The van der Waals surface area contributed by atoms with Crippen LogP contribution in [0.5, 0.6) is 0 Å². The van der Waals surface area contributed by atoms with Crippen LogP contribution in [-0.2, 0) is 9.59 Å². The summed E-state index contributed by atoms with van der Waals surface area (Å²) in [6, 6.07) is 12.8. The van der Waals surface area contributed by atoms with Gasteiger partial charge in [0.05, 0.1) is 12.2 Å². The van der Waals surface area contributed by atoms with Crippen LogP contribution in [-0.4, -0.2) is 67.4 Å². The first kappa shape index (κ1) is 23.2. The van der Waals surface area contributed by atoms with Crippen LogP contribution in [0.3, 0.4) is 0 Å². The van der Waals surface area contributed by atoms with Crippen molar-refractivity contribution in [2.24, 2.45) is 5.92 Å². The van der Waals surface area contributed by atoms with Gasteiger partial charge in [0.25, 0.3) is 0 Å². The maximum absolute atomic E-state index is 14.1. The fraction of sp³-hybridized carbons (Fsp3) is 0.462. The van der Waals surface area contributed by atoms with Crippen molar-refractivity contribution in [3.05, 3.63) is 59.4 Å². The lowest BCUT2D eigenvalue weighted by molar-refractivity contribution is -0.137. The highest BCUT2D eigenvalue weighted by atomic mass is 19.1. The van der Waals surface area contributed by atoms with Crippen molar-refractivity contribution in [2.75, 3.05) is 56.0 Å². The summed E-state index contributed by atoms with van der Waals surface area (Å²) in [5.41, 5.74) is 3.69. The molecule has 2 fully saturated rings. The number of piperazine rings is 1. The van der Waals surface area contributed by atoms with Crippen molar-refractivity contribution in [1.29, 1.82) is 0 Å². The fourth-order valence-electron chi connectivity index (χ4n) is 4.82. The molecule has 0 aliphatic carbocycles. The third kappa shape index (κ3) is 5.71. The third-order valence-electron chi connectivity index (χ3n) is 6.74. The highest BCUT2D eigenvalue weighted by Gasteiger charge is 2.31. The van der Waals surface area contributed by atoms with Crippen LogP contribution in [0.2, 0.25) is 0 Å². The average molecular weight is 453 g/mol. The summed E-state index contributed by atoms with van der Waals surface area (Å²) in [4.78, 5) is 31.6. The lowest BCUT2D eigenvalue weighted by atomic mass is 9.95. The Labute approximate surface area is 195 Å². The lowest BCUT2D eigenvalue weighted by Gasteiger charge is -2.39. The largest absolute Gasteiger partial charge is 0.366 e. The van der Waals surface area contributed by atoms with E-state index in [1.54, 1.807) is 12.1 Å². The number of hydrogen-bond acceptors (Lipinski definition) is 4. The van der Waals surface area contributed by atoms with E-state index in [1.165, 1.54) is 11.6 Å². The SMILES string of the molecule is Cc1ccc(NC(=O)CN2CCC(C(=O)N3CCN(c4ccccc4F)CC3)CC2)c(C)c1. The number of carbonyl (C=O) groups is 2. The Kier molecular flexibility index (Phi) is 7.28. The maximum atomic E-state index is 14.1. The topological polar surface area (TPSA) is 55.9 Å². The summed E-state index contributed by atoms with van der Waals surface area (Å²) in [6.07, 6.45) is 1.53. The minimum absolute atomic E-state index is 0.00339. The molecule has 2 amide bonds. The molecule has 2 saturated heterocycles. The van der Waals surface area contributed by atoms with Gasteiger partial charge in [-0.1, -0.05) is 29.8 Å². The van der Waals surface area contributed by atoms with E-state index in [-0.39, 0.29) is 23.5 Å². The van der Waals surface area contributed by atoms with Gasteiger partial charge in [0, 0.05) is 37.8 Å². The molecule has 7 heteroatoms. The molecule has 0 unspecified atom stereocenters. The molecular formula is C26H33FN4O2. The van der Waals surface area contributed by atoms with Crippen LogP contribution in [0.4, 0.5) is 15.8 Å². The number of amides is 2. The summed E-state index contributed by atoms with van der Waals surface area (Å²) in [7, 11) is 0. The predicted octanol–water partition coefficient (Wildman–Crippen LogP) is 3.44. The number of hydrogen-bond donors (Lipinski definition) is 1. The minimum atomic E-state index is -0.216. The first-order chi connectivity index (χ1) is 15.9. The zero-order valence-corrected chi connectivity index (χ0v) is 19.5. The zero-order chi connectivity index (χ0) is 23.4. The normalized spacial score (nSPS) is 17.8. The number of para-hydroxylation sites is 1. The lowest BCUT2D eigenvalue weighted by Crippen LogP contribution is -2.52. The molecule has 0 radical (unpaired) electrons. The zero-order valence-electron chi connectivity index (χ0n) is 19.5. The molecule has 0 atom stereocenters. The quantitative estimate of drug-likeness (QED) is 0.755. The number of anilines is 2. The van der Waals surface area contributed by atoms with Crippen molar-refractivity contribution in [3.63, 3.8) is 0 Å². The highest BCUT2D eigenvalue weighted by molar-refractivity contribution is 5.93. The van der Waals surface area contributed by atoms with Crippen molar-refractivity contribution >= 4 is 23.2 Å². The molecule has 4 rings (SSSR count). The molecule has 2 aromatic rings. The van der Waals surface area contributed by atoms with Gasteiger partial charge in [-0.2, -0.15) is 0 Å². The number of benzene rings is 2. The fourth-order valence-corrected chi connectivity index (χ4v) is 4.82. The van der Waals surface area contributed by atoms with E-state index in [9.17, 15) is 14.0 Å².